The van der Waals surface area contributed by atoms with Crippen molar-refractivity contribution in [3.05, 3.63) is 72.3 Å². The van der Waals surface area contributed by atoms with Gasteiger partial charge in [0.25, 0.3) is 0 Å². The van der Waals surface area contributed by atoms with Crippen LogP contribution in [0.25, 0.3) is 11.1 Å². The second kappa shape index (κ2) is 11.1. The molecule has 2 unspecified atom stereocenters. The lowest BCUT2D eigenvalue weighted by molar-refractivity contribution is -0.277. The van der Waals surface area contributed by atoms with E-state index in [4.69, 9.17) is 9.47 Å². The van der Waals surface area contributed by atoms with Crippen LogP contribution in [0.4, 0.5) is 0 Å². The van der Waals surface area contributed by atoms with Gasteiger partial charge in [-0.15, -0.1) is 0 Å². The van der Waals surface area contributed by atoms with E-state index in [2.05, 4.69) is 77.4 Å². The molecule has 2 atom stereocenters. The molecule has 2 fully saturated rings. The maximum atomic E-state index is 13.7. The van der Waals surface area contributed by atoms with Gasteiger partial charge in [-0.1, -0.05) is 66.7 Å². The molecular weight excluding hydrogens is 436 g/mol. The molecule has 1 aliphatic carbocycles. The highest BCUT2D eigenvalue weighted by Crippen LogP contribution is 2.38. The van der Waals surface area contributed by atoms with Crippen LogP contribution in [0.1, 0.15) is 44.6 Å². The third kappa shape index (κ3) is 5.53. The summed E-state index contributed by atoms with van der Waals surface area (Å²) in [6.45, 7) is 6.24. The van der Waals surface area contributed by atoms with E-state index in [0.29, 0.717) is 6.42 Å². The molecule has 2 aliphatic heterocycles. The highest BCUT2D eigenvalue weighted by Gasteiger charge is 2.45. The number of rotatable bonds is 6. The van der Waals surface area contributed by atoms with Crippen LogP contribution < -0.4 is 0 Å². The van der Waals surface area contributed by atoms with E-state index < -0.39 is 5.79 Å². The Balaban J connectivity index is 1.32. The van der Waals surface area contributed by atoms with Gasteiger partial charge in [0.1, 0.15) is 0 Å². The number of nitrogens with zero attached hydrogens (tertiary/aromatic N) is 2. The van der Waals surface area contributed by atoms with Crippen molar-refractivity contribution in [1.82, 2.24) is 9.80 Å². The first kappa shape index (κ1) is 24.2. The molecule has 3 aliphatic rings. The number of likely N-dealkylation sites (N-methyl/N-ethyl adjacent to an activating group) is 1. The zero-order valence-electron chi connectivity index (χ0n) is 20.9. The maximum Gasteiger partial charge on any atom is 0.227 e. The van der Waals surface area contributed by atoms with Crippen LogP contribution in [-0.4, -0.2) is 66.4 Å². The SMILES string of the molecule is CCN(C(=O)Cc1ccc(-c2ccccc2)cc1)C1CCCC2(CC1N1CC=CC1)OCCCO2. The summed E-state index contributed by atoms with van der Waals surface area (Å²) in [6.07, 6.45) is 9.61. The minimum atomic E-state index is -0.490. The number of benzene rings is 2. The minimum absolute atomic E-state index is 0.171. The fourth-order valence-electron chi connectivity index (χ4n) is 6.03. The van der Waals surface area contributed by atoms with Crippen LogP contribution in [0.3, 0.4) is 0 Å². The predicted molar refractivity (Wildman–Crippen MR) is 139 cm³/mol. The quantitative estimate of drug-likeness (QED) is 0.549. The van der Waals surface area contributed by atoms with Gasteiger partial charge in [0.2, 0.25) is 5.91 Å². The average Bonchev–Trinajstić information content (AvgIpc) is 3.38. The van der Waals surface area contributed by atoms with Crippen molar-refractivity contribution in [2.24, 2.45) is 0 Å². The van der Waals surface area contributed by atoms with Crippen LogP contribution in [0, 0.1) is 0 Å². The average molecular weight is 475 g/mol. The Bertz CT molecular complexity index is 990. The second-order valence-corrected chi connectivity index (χ2v) is 10.0. The number of carbonyl (C=O) groups is 1. The van der Waals surface area contributed by atoms with E-state index >= 15 is 0 Å². The Hall–Kier alpha value is -2.47. The molecule has 1 amide bonds. The molecule has 2 aromatic rings. The molecule has 35 heavy (non-hydrogen) atoms. The van der Waals surface area contributed by atoms with Gasteiger partial charge in [-0.05, 0) is 42.9 Å². The van der Waals surface area contributed by atoms with Gasteiger partial charge < -0.3 is 14.4 Å². The van der Waals surface area contributed by atoms with E-state index in [1.54, 1.807) is 0 Å². The molecule has 2 aromatic carbocycles. The van der Waals surface area contributed by atoms with E-state index in [0.717, 1.165) is 70.5 Å². The first-order chi connectivity index (χ1) is 17.2. The van der Waals surface area contributed by atoms with Crippen molar-refractivity contribution in [1.29, 1.82) is 0 Å². The molecule has 1 saturated heterocycles. The summed E-state index contributed by atoms with van der Waals surface area (Å²) < 4.78 is 12.5. The Morgan fingerprint density at radius 1 is 0.971 bits per heavy atom. The summed E-state index contributed by atoms with van der Waals surface area (Å²) in [7, 11) is 0. The van der Waals surface area contributed by atoms with Gasteiger partial charge in [0, 0.05) is 44.6 Å². The van der Waals surface area contributed by atoms with Gasteiger partial charge in [-0.3, -0.25) is 9.69 Å². The Labute approximate surface area is 209 Å². The molecule has 1 spiro atoms. The monoisotopic (exact) mass is 474 g/mol. The summed E-state index contributed by atoms with van der Waals surface area (Å²) in [6, 6.07) is 19.2. The number of hydrogen-bond acceptors (Lipinski definition) is 4. The lowest BCUT2D eigenvalue weighted by atomic mass is 9.96. The Kier molecular flexibility index (Phi) is 7.66. The van der Waals surface area contributed by atoms with Crippen molar-refractivity contribution in [2.45, 2.75) is 63.3 Å². The minimum Gasteiger partial charge on any atom is -0.350 e. The van der Waals surface area contributed by atoms with Gasteiger partial charge in [0.05, 0.1) is 19.6 Å². The second-order valence-electron chi connectivity index (χ2n) is 10.0. The fraction of sp³-hybridized carbons (Fsp3) is 0.500. The predicted octanol–water partition coefficient (Wildman–Crippen LogP) is 5.06. The van der Waals surface area contributed by atoms with Crippen molar-refractivity contribution in [3.8, 4) is 11.1 Å². The summed E-state index contributed by atoms with van der Waals surface area (Å²) in [5.74, 6) is -0.278. The number of ether oxygens (including phenoxy) is 2. The van der Waals surface area contributed by atoms with Crippen LogP contribution in [0.15, 0.2) is 66.7 Å². The van der Waals surface area contributed by atoms with Crippen molar-refractivity contribution in [2.75, 3.05) is 32.8 Å². The van der Waals surface area contributed by atoms with Crippen molar-refractivity contribution < 1.29 is 14.3 Å². The third-order valence-corrected chi connectivity index (χ3v) is 7.83. The highest BCUT2D eigenvalue weighted by molar-refractivity contribution is 5.79. The molecule has 0 N–H and O–H groups in total. The molecule has 2 heterocycles. The molecule has 1 saturated carbocycles. The van der Waals surface area contributed by atoms with Gasteiger partial charge >= 0.3 is 0 Å². The molecule has 0 aromatic heterocycles. The van der Waals surface area contributed by atoms with Crippen LogP contribution in [0.5, 0.6) is 0 Å². The molecule has 5 heteroatoms. The van der Waals surface area contributed by atoms with Gasteiger partial charge in [-0.2, -0.15) is 0 Å². The molecule has 0 bridgehead atoms. The number of hydrogen-bond donors (Lipinski definition) is 0. The normalized spacial score (nSPS) is 24.4. The van der Waals surface area contributed by atoms with Gasteiger partial charge in [-0.25, -0.2) is 0 Å². The van der Waals surface area contributed by atoms with E-state index in [-0.39, 0.29) is 18.0 Å². The zero-order valence-corrected chi connectivity index (χ0v) is 20.9. The van der Waals surface area contributed by atoms with Crippen LogP contribution >= 0.6 is 0 Å². The standard InChI is InChI=1S/C30H38N2O3/c1-2-32(29(33)22-24-13-15-26(16-14-24)25-10-4-3-5-11-25)27-12-8-17-30(34-20-9-21-35-30)23-28(27)31-18-6-7-19-31/h3-7,10-11,13-16,27-28H,2,8-9,12,17-23H2,1H3. The lowest BCUT2D eigenvalue weighted by Gasteiger charge is -2.44. The van der Waals surface area contributed by atoms with E-state index in [1.807, 2.05) is 6.07 Å². The smallest absolute Gasteiger partial charge is 0.227 e. The summed E-state index contributed by atoms with van der Waals surface area (Å²) in [5, 5.41) is 0. The summed E-state index contributed by atoms with van der Waals surface area (Å²) in [4.78, 5) is 18.3. The van der Waals surface area contributed by atoms with E-state index in [9.17, 15) is 4.79 Å². The number of carbonyl (C=O) groups excluding carboxylic acids is 1. The summed E-state index contributed by atoms with van der Waals surface area (Å²) in [5.41, 5.74) is 3.44. The molecular formula is C30H38N2O3. The third-order valence-electron chi connectivity index (χ3n) is 7.83. The van der Waals surface area contributed by atoms with Gasteiger partial charge in [0.15, 0.2) is 5.79 Å². The number of amides is 1. The van der Waals surface area contributed by atoms with Crippen molar-refractivity contribution >= 4 is 5.91 Å². The Morgan fingerprint density at radius 2 is 1.66 bits per heavy atom. The van der Waals surface area contributed by atoms with E-state index in [1.165, 1.54) is 11.1 Å². The topological polar surface area (TPSA) is 42.0 Å². The Morgan fingerprint density at radius 3 is 2.34 bits per heavy atom. The fourth-order valence-corrected chi connectivity index (χ4v) is 6.03. The molecule has 186 valence electrons. The van der Waals surface area contributed by atoms with Crippen molar-refractivity contribution in [3.63, 3.8) is 0 Å². The molecule has 0 radical (unpaired) electrons. The zero-order chi connectivity index (χ0) is 24.1. The summed E-state index contributed by atoms with van der Waals surface area (Å²) >= 11 is 0. The lowest BCUT2D eigenvalue weighted by Crippen LogP contribution is -2.56. The molecule has 5 nitrogen and oxygen atoms in total. The maximum absolute atomic E-state index is 13.7. The first-order valence-electron chi connectivity index (χ1n) is 13.3. The highest BCUT2D eigenvalue weighted by atomic mass is 16.7. The van der Waals surface area contributed by atoms with Crippen LogP contribution in [-0.2, 0) is 20.7 Å². The molecule has 5 rings (SSSR count). The first-order valence-corrected chi connectivity index (χ1v) is 13.3. The largest absolute Gasteiger partial charge is 0.350 e. The van der Waals surface area contributed by atoms with Crippen LogP contribution in [0.2, 0.25) is 0 Å².